The van der Waals surface area contributed by atoms with Crippen molar-refractivity contribution in [3.8, 4) is 0 Å². The molecule has 4 nitrogen and oxygen atoms in total. The van der Waals surface area contributed by atoms with Gasteiger partial charge in [-0.1, -0.05) is 74.5 Å². The number of amides is 2. The van der Waals surface area contributed by atoms with Crippen LogP contribution in [-0.2, 0) is 15.1 Å². The van der Waals surface area contributed by atoms with Crippen molar-refractivity contribution in [3.05, 3.63) is 71.8 Å². The van der Waals surface area contributed by atoms with E-state index in [1.54, 1.807) is 0 Å². The van der Waals surface area contributed by atoms with Gasteiger partial charge in [-0.2, -0.15) is 0 Å². The second kappa shape index (κ2) is 6.11. The summed E-state index contributed by atoms with van der Waals surface area (Å²) < 4.78 is 5.94. The van der Waals surface area contributed by atoms with Crippen molar-refractivity contribution in [2.24, 2.45) is 5.92 Å². The van der Waals surface area contributed by atoms with Crippen molar-refractivity contribution in [3.63, 3.8) is 0 Å². The molecule has 0 N–H and O–H groups in total. The average Bonchev–Trinajstić information content (AvgIpc) is 2.91. The molecular weight excluding hydrogens is 302 g/mol. The Morgan fingerprint density at radius 3 is 1.83 bits per heavy atom. The number of carbonyl (C=O) groups is 2. The molecular formula is C20H21NO3. The van der Waals surface area contributed by atoms with Crippen LogP contribution in [0.3, 0.4) is 0 Å². The van der Waals surface area contributed by atoms with Crippen LogP contribution in [0.1, 0.15) is 31.9 Å². The van der Waals surface area contributed by atoms with Crippen molar-refractivity contribution < 1.29 is 14.3 Å². The van der Waals surface area contributed by atoms with Crippen LogP contribution >= 0.6 is 0 Å². The summed E-state index contributed by atoms with van der Waals surface area (Å²) >= 11 is 0. The topological polar surface area (TPSA) is 46.6 Å². The molecule has 0 spiro atoms. The molecule has 1 unspecified atom stereocenters. The molecule has 0 radical (unpaired) electrons. The van der Waals surface area contributed by atoms with Crippen molar-refractivity contribution in [1.82, 2.24) is 4.90 Å². The summed E-state index contributed by atoms with van der Waals surface area (Å²) in [4.78, 5) is 26.0. The molecule has 1 atom stereocenters. The highest BCUT2D eigenvalue weighted by molar-refractivity contribution is 5.93. The van der Waals surface area contributed by atoms with Crippen molar-refractivity contribution in [2.75, 3.05) is 0 Å². The lowest BCUT2D eigenvalue weighted by molar-refractivity contribution is -0.128. The van der Waals surface area contributed by atoms with Gasteiger partial charge in [-0.15, -0.1) is 0 Å². The monoisotopic (exact) mass is 323 g/mol. The fourth-order valence-electron chi connectivity index (χ4n) is 3.63. The van der Waals surface area contributed by atoms with E-state index in [4.69, 9.17) is 4.74 Å². The fraction of sp³-hybridized carbons (Fsp3) is 0.300. The quantitative estimate of drug-likeness (QED) is 0.859. The first-order valence-electron chi connectivity index (χ1n) is 8.12. The van der Waals surface area contributed by atoms with E-state index in [1.807, 2.05) is 74.5 Å². The van der Waals surface area contributed by atoms with Gasteiger partial charge in [-0.05, 0) is 5.92 Å². The van der Waals surface area contributed by atoms with Gasteiger partial charge in [0.2, 0.25) is 5.91 Å². The Bertz CT molecular complexity index is 700. The number of imide groups is 1. The molecule has 1 aliphatic heterocycles. The van der Waals surface area contributed by atoms with E-state index in [0.29, 0.717) is 0 Å². The first kappa shape index (κ1) is 16.2. The predicted molar refractivity (Wildman–Crippen MR) is 91.3 cm³/mol. The average molecular weight is 323 g/mol. The van der Waals surface area contributed by atoms with E-state index >= 15 is 0 Å². The second-order valence-electron chi connectivity index (χ2n) is 6.41. The number of hydrogen-bond acceptors (Lipinski definition) is 3. The van der Waals surface area contributed by atoms with E-state index in [1.165, 1.54) is 11.8 Å². The Kier molecular flexibility index (Phi) is 4.14. The third kappa shape index (κ3) is 2.39. The van der Waals surface area contributed by atoms with Crippen LogP contribution in [0.2, 0.25) is 0 Å². The normalized spacial score (nSPS) is 19.4. The van der Waals surface area contributed by atoms with E-state index in [2.05, 4.69) is 0 Å². The minimum Gasteiger partial charge on any atom is -0.430 e. The molecule has 1 fully saturated rings. The van der Waals surface area contributed by atoms with E-state index < -0.39 is 17.7 Å². The molecule has 124 valence electrons. The largest absolute Gasteiger partial charge is 0.430 e. The van der Waals surface area contributed by atoms with Crippen LogP contribution in [0.4, 0.5) is 4.79 Å². The molecule has 2 aromatic carbocycles. The molecule has 1 saturated heterocycles. The summed E-state index contributed by atoms with van der Waals surface area (Å²) in [5.41, 5.74) is 0.735. The van der Waals surface area contributed by atoms with Gasteiger partial charge in [-0.3, -0.25) is 4.79 Å². The lowest BCUT2D eigenvalue weighted by Crippen LogP contribution is -2.49. The molecule has 4 heteroatoms. The van der Waals surface area contributed by atoms with Gasteiger partial charge in [0.05, 0.1) is 6.04 Å². The Morgan fingerprint density at radius 1 is 1.00 bits per heavy atom. The van der Waals surface area contributed by atoms with Crippen LogP contribution < -0.4 is 0 Å². The molecule has 0 saturated carbocycles. The molecule has 3 rings (SSSR count). The number of nitrogens with zero attached hydrogens (tertiary/aromatic N) is 1. The first-order valence-corrected chi connectivity index (χ1v) is 8.12. The van der Waals surface area contributed by atoms with Crippen LogP contribution in [-0.4, -0.2) is 22.9 Å². The Labute approximate surface area is 142 Å². The number of hydrogen-bond donors (Lipinski definition) is 0. The van der Waals surface area contributed by atoms with Crippen molar-refractivity contribution >= 4 is 12.0 Å². The SMILES string of the molecule is CC(=O)N1C(=O)OC(c2ccccc2)(c2ccccc2)C1C(C)C. The third-order valence-corrected chi connectivity index (χ3v) is 4.52. The zero-order valence-corrected chi connectivity index (χ0v) is 14.1. The number of rotatable bonds is 3. The summed E-state index contributed by atoms with van der Waals surface area (Å²) in [5, 5.41) is 0. The van der Waals surface area contributed by atoms with Gasteiger partial charge in [0.15, 0.2) is 5.60 Å². The summed E-state index contributed by atoms with van der Waals surface area (Å²) in [6, 6.07) is 18.9. The maximum Gasteiger partial charge on any atom is 0.418 e. The second-order valence-corrected chi connectivity index (χ2v) is 6.41. The molecule has 24 heavy (non-hydrogen) atoms. The molecule has 0 bridgehead atoms. The van der Waals surface area contributed by atoms with Crippen LogP contribution in [0.15, 0.2) is 60.7 Å². The van der Waals surface area contributed by atoms with Gasteiger partial charge >= 0.3 is 6.09 Å². The van der Waals surface area contributed by atoms with Gasteiger partial charge in [0.25, 0.3) is 0 Å². The highest BCUT2D eigenvalue weighted by Crippen LogP contribution is 2.47. The minimum atomic E-state index is -1.00. The smallest absolute Gasteiger partial charge is 0.418 e. The molecule has 0 aromatic heterocycles. The first-order chi connectivity index (χ1) is 11.5. The van der Waals surface area contributed by atoms with Crippen LogP contribution in [0, 0.1) is 5.92 Å². The Balaban J connectivity index is 2.29. The van der Waals surface area contributed by atoms with Crippen LogP contribution in [0.25, 0.3) is 0 Å². The van der Waals surface area contributed by atoms with E-state index in [0.717, 1.165) is 11.1 Å². The Morgan fingerprint density at radius 2 is 1.46 bits per heavy atom. The standard InChI is InChI=1S/C20H21NO3/c1-14(2)18-20(16-10-6-4-7-11-16,17-12-8-5-9-13-17)24-19(23)21(18)15(3)22/h4-14,18H,1-3H3. The lowest BCUT2D eigenvalue weighted by atomic mass is 9.76. The number of ether oxygens (including phenoxy) is 1. The molecule has 2 amide bonds. The van der Waals surface area contributed by atoms with Crippen molar-refractivity contribution in [2.45, 2.75) is 32.4 Å². The van der Waals surface area contributed by atoms with Gasteiger partial charge in [-0.25, -0.2) is 9.69 Å². The maximum absolute atomic E-state index is 12.6. The highest BCUT2D eigenvalue weighted by Gasteiger charge is 2.58. The molecule has 1 aliphatic rings. The third-order valence-electron chi connectivity index (χ3n) is 4.52. The number of carbonyl (C=O) groups excluding carboxylic acids is 2. The highest BCUT2D eigenvalue weighted by atomic mass is 16.6. The van der Waals surface area contributed by atoms with E-state index in [-0.39, 0.29) is 11.8 Å². The lowest BCUT2D eigenvalue weighted by Gasteiger charge is -2.37. The van der Waals surface area contributed by atoms with Gasteiger partial charge in [0.1, 0.15) is 0 Å². The minimum absolute atomic E-state index is 0.0285. The van der Waals surface area contributed by atoms with Gasteiger partial charge < -0.3 is 4.74 Å². The summed E-state index contributed by atoms with van der Waals surface area (Å²) in [5.74, 6) is -0.270. The number of cyclic esters (lactones) is 1. The van der Waals surface area contributed by atoms with Gasteiger partial charge in [0, 0.05) is 18.1 Å². The Hall–Kier alpha value is -2.62. The predicted octanol–water partition coefficient (Wildman–Crippen LogP) is 3.95. The van der Waals surface area contributed by atoms with Crippen LogP contribution in [0.5, 0.6) is 0 Å². The molecule has 1 heterocycles. The molecule has 2 aromatic rings. The zero-order valence-electron chi connectivity index (χ0n) is 14.1. The molecule has 0 aliphatic carbocycles. The van der Waals surface area contributed by atoms with E-state index in [9.17, 15) is 9.59 Å². The number of benzene rings is 2. The summed E-state index contributed by atoms with van der Waals surface area (Å²) in [7, 11) is 0. The summed E-state index contributed by atoms with van der Waals surface area (Å²) in [6.45, 7) is 5.41. The van der Waals surface area contributed by atoms with Crippen molar-refractivity contribution in [1.29, 1.82) is 0 Å². The zero-order chi connectivity index (χ0) is 17.3. The fourth-order valence-corrected chi connectivity index (χ4v) is 3.63. The summed E-state index contributed by atoms with van der Waals surface area (Å²) in [6.07, 6.45) is -0.589. The maximum atomic E-state index is 12.6.